The first-order valence-corrected chi connectivity index (χ1v) is 10.6. The molecule has 0 saturated heterocycles. The molecule has 2 heterocycles. The Bertz CT molecular complexity index is 1550. The van der Waals surface area contributed by atoms with Crippen molar-refractivity contribution in [3.8, 4) is 0 Å². The van der Waals surface area contributed by atoms with Gasteiger partial charge in [-0.3, -0.25) is 19.4 Å². The van der Waals surface area contributed by atoms with Crippen LogP contribution in [0.2, 0.25) is 5.02 Å². The minimum Gasteiger partial charge on any atom is -0.474 e. The summed E-state index contributed by atoms with van der Waals surface area (Å²) in [4.78, 5) is 45.1. The van der Waals surface area contributed by atoms with Crippen LogP contribution in [0, 0.1) is 5.82 Å². The van der Waals surface area contributed by atoms with Gasteiger partial charge in [0.1, 0.15) is 0 Å². The molecule has 9 nitrogen and oxygen atoms in total. The number of carboxylic acids is 1. The molecule has 3 aromatic carbocycles. The molecule has 0 bridgehead atoms. The highest BCUT2D eigenvalue weighted by atomic mass is 35.5. The quantitative estimate of drug-likeness (QED) is 0.375. The summed E-state index contributed by atoms with van der Waals surface area (Å²) in [6.07, 6.45) is 0. The van der Waals surface area contributed by atoms with Gasteiger partial charge in [-0.2, -0.15) is 0 Å². The van der Waals surface area contributed by atoms with E-state index in [0.717, 1.165) is 9.80 Å². The minimum atomic E-state index is -2.11. The number of H-pyrrole nitrogens is 1. The highest BCUT2D eigenvalue weighted by Gasteiger charge is 2.51. The largest absolute Gasteiger partial charge is 0.474 e. The zero-order chi connectivity index (χ0) is 25.1. The predicted octanol–water partition coefficient (Wildman–Crippen LogP) is 3.26. The number of nitrogens with one attached hydrogen (secondary N) is 1. The number of carboxylic acid groups (broad SMARTS) is 1. The topological polar surface area (TPSA) is 127 Å². The van der Waals surface area contributed by atoms with Crippen LogP contribution in [0.15, 0.2) is 60.7 Å². The standard InChI is InChI=1S/C24H16ClFN4O5/c1-29(21(32)22(33)34)23-27-16-10-9-12(11-17(16)28-23)24(35)14-6-3-2-5-13(14)20(31)30(24)18-8-4-7-15(25)19(18)26/h2-11,35H,1H3,(H,27,28)(H,33,34). The van der Waals surface area contributed by atoms with Gasteiger partial charge in [0, 0.05) is 23.7 Å². The van der Waals surface area contributed by atoms with Crippen LogP contribution in [0.3, 0.4) is 0 Å². The summed E-state index contributed by atoms with van der Waals surface area (Å²) in [6.45, 7) is 0. The summed E-state index contributed by atoms with van der Waals surface area (Å²) in [5.41, 5.74) is -0.979. The number of aromatic nitrogens is 2. The van der Waals surface area contributed by atoms with Crippen LogP contribution >= 0.6 is 11.6 Å². The van der Waals surface area contributed by atoms with E-state index in [2.05, 4.69) is 9.97 Å². The number of amides is 2. The Morgan fingerprint density at radius 2 is 1.89 bits per heavy atom. The zero-order valence-electron chi connectivity index (χ0n) is 18.0. The van der Waals surface area contributed by atoms with Crippen molar-refractivity contribution in [3.63, 3.8) is 0 Å². The number of likely N-dealkylation sites (N-methyl/N-ethyl adjacent to an activating group) is 1. The predicted molar refractivity (Wildman–Crippen MR) is 125 cm³/mol. The first-order valence-electron chi connectivity index (χ1n) is 10.3. The van der Waals surface area contributed by atoms with E-state index in [1.807, 2.05) is 0 Å². The van der Waals surface area contributed by atoms with E-state index in [0.29, 0.717) is 11.0 Å². The molecule has 0 aliphatic carbocycles. The zero-order valence-corrected chi connectivity index (χ0v) is 18.7. The monoisotopic (exact) mass is 494 g/mol. The Morgan fingerprint density at radius 1 is 1.14 bits per heavy atom. The molecule has 0 radical (unpaired) electrons. The Labute approximate surface area is 202 Å². The highest BCUT2D eigenvalue weighted by Crippen LogP contribution is 2.46. The molecule has 3 N–H and O–H groups in total. The fourth-order valence-electron chi connectivity index (χ4n) is 4.21. The second kappa shape index (κ2) is 7.90. The summed E-state index contributed by atoms with van der Waals surface area (Å²) < 4.78 is 15.1. The molecule has 5 rings (SSSR count). The van der Waals surface area contributed by atoms with E-state index in [1.165, 1.54) is 49.5 Å². The third-order valence-electron chi connectivity index (χ3n) is 5.91. The summed E-state index contributed by atoms with van der Waals surface area (Å²) in [5, 5.41) is 20.8. The van der Waals surface area contributed by atoms with Crippen LogP contribution in [0.1, 0.15) is 21.5 Å². The van der Waals surface area contributed by atoms with Crippen molar-refractivity contribution >= 4 is 52.1 Å². The second-order valence-corrected chi connectivity index (χ2v) is 8.30. The van der Waals surface area contributed by atoms with E-state index in [-0.39, 0.29) is 33.3 Å². The molecule has 2 amide bonds. The lowest BCUT2D eigenvalue weighted by atomic mass is 9.93. The van der Waals surface area contributed by atoms with E-state index < -0.39 is 29.3 Å². The van der Waals surface area contributed by atoms with Gasteiger partial charge in [0.05, 0.1) is 21.7 Å². The molecule has 4 aromatic rings. The third-order valence-corrected chi connectivity index (χ3v) is 6.20. The number of aliphatic hydroxyl groups is 1. The van der Waals surface area contributed by atoms with Crippen LogP contribution < -0.4 is 9.80 Å². The van der Waals surface area contributed by atoms with Crippen LogP contribution in [0.5, 0.6) is 0 Å². The summed E-state index contributed by atoms with van der Waals surface area (Å²) in [5.74, 6) is -4.37. The maximum Gasteiger partial charge on any atom is 0.395 e. The van der Waals surface area contributed by atoms with Crippen molar-refractivity contribution in [1.82, 2.24) is 9.97 Å². The van der Waals surface area contributed by atoms with Crippen molar-refractivity contribution in [2.24, 2.45) is 0 Å². The molecule has 1 aliphatic rings. The number of hydrogen-bond acceptors (Lipinski definition) is 5. The number of anilines is 2. The number of halogens is 2. The molecule has 0 spiro atoms. The summed E-state index contributed by atoms with van der Waals surface area (Å²) >= 11 is 5.97. The molecule has 11 heteroatoms. The van der Waals surface area contributed by atoms with E-state index in [4.69, 9.17) is 16.7 Å². The first kappa shape index (κ1) is 22.5. The van der Waals surface area contributed by atoms with Gasteiger partial charge < -0.3 is 15.2 Å². The molecular formula is C24H16ClFN4O5. The minimum absolute atomic E-state index is 0.0304. The Morgan fingerprint density at radius 3 is 2.63 bits per heavy atom. The molecule has 1 aliphatic heterocycles. The van der Waals surface area contributed by atoms with Gasteiger partial charge in [0.2, 0.25) is 5.95 Å². The van der Waals surface area contributed by atoms with Crippen LogP contribution in [0.25, 0.3) is 11.0 Å². The normalized spacial score (nSPS) is 17.0. The summed E-state index contributed by atoms with van der Waals surface area (Å²) in [6, 6.07) is 15.1. The molecule has 0 saturated carbocycles. The van der Waals surface area contributed by atoms with Crippen molar-refractivity contribution in [1.29, 1.82) is 0 Å². The van der Waals surface area contributed by atoms with Crippen LogP contribution in [-0.4, -0.2) is 45.0 Å². The maximum atomic E-state index is 15.1. The van der Waals surface area contributed by atoms with E-state index in [9.17, 15) is 19.5 Å². The van der Waals surface area contributed by atoms with Gasteiger partial charge in [-0.05, 0) is 30.3 Å². The SMILES string of the molecule is CN(C(=O)C(=O)O)c1nc2ccc(C3(O)c4ccccc4C(=O)N3c3cccc(Cl)c3F)cc2[nH]1. The molecule has 176 valence electrons. The van der Waals surface area contributed by atoms with E-state index in [1.54, 1.807) is 18.2 Å². The third kappa shape index (κ3) is 3.26. The van der Waals surface area contributed by atoms with Gasteiger partial charge in [-0.15, -0.1) is 0 Å². The number of aromatic amines is 1. The average molecular weight is 495 g/mol. The van der Waals surface area contributed by atoms with Crippen molar-refractivity contribution in [3.05, 3.63) is 88.2 Å². The smallest absolute Gasteiger partial charge is 0.395 e. The Hall–Kier alpha value is -4.28. The molecule has 1 aromatic heterocycles. The lowest BCUT2D eigenvalue weighted by molar-refractivity contribution is -0.148. The van der Waals surface area contributed by atoms with Gasteiger partial charge in [-0.1, -0.05) is 41.9 Å². The number of imidazole rings is 1. The van der Waals surface area contributed by atoms with Gasteiger partial charge in [-0.25, -0.2) is 14.2 Å². The molecular weight excluding hydrogens is 479 g/mol. The van der Waals surface area contributed by atoms with Crippen LogP contribution in [-0.2, 0) is 15.3 Å². The molecule has 1 atom stereocenters. The molecule has 35 heavy (non-hydrogen) atoms. The second-order valence-electron chi connectivity index (χ2n) is 7.89. The number of rotatable bonds is 3. The van der Waals surface area contributed by atoms with Crippen LogP contribution in [0.4, 0.5) is 16.0 Å². The number of carbonyl (C=O) groups is 3. The van der Waals surface area contributed by atoms with Gasteiger partial charge in [0.25, 0.3) is 5.91 Å². The number of aliphatic carboxylic acids is 1. The van der Waals surface area contributed by atoms with Gasteiger partial charge >= 0.3 is 11.9 Å². The van der Waals surface area contributed by atoms with Gasteiger partial charge in [0.15, 0.2) is 11.5 Å². The number of benzene rings is 3. The Balaban J connectivity index is 1.70. The molecule has 0 fully saturated rings. The molecule has 1 unspecified atom stereocenters. The average Bonchev–Trinajstić information content (AvgIpc) is 3.37. The number of hydrogen-bond donors (Lipinski definition) is 3. The van der Waals surface area contributed by atoms with Crippen molar-refractivity contribution < 1.29 is 29.0 Å². The fourth-order valence-corrected chi connectivity index (χ4v) is 4.38. The first-order chi connectivity index (χ1) is 16.6. The van der Waals surface area contributed by atoms with Crippen molar-refractivity contribution in [2.45, 2.75) is 5.72 Å². The number of nitrogens with zero attached hydrogens (tertiary/aromatic N) is 3. The van der Waals surface area contributed by atoms with E-state index >= 15 is 4.39 Å². The lowest BCUT2D eigenvalue weighted by Gasteiger charge is -2.35. The lowest BCUT2D eigenvalue weighted by Crippen LogP contribution is -2.45. The Kier molecular flexibility index (Phi) is 5.08. The van der Waals surface area contributed by atoms with Crippen molar-refractivity contribution in [2.75, 3.05) is 16.8 Å². The fraction of sp³-hybridized carbons (Fsp3) is 0.0833. The maximum absolute atomic E-state index is 15.1. The number of fused-ring (bicyclic) bond motifs is 2. The highest BCUT2D eigenvalue weighted by molar-refractivity contribution is 6.37. The summed E-state index contributed by atoms with van der Waals surface area (Å²) in [7, 11) is 1.25. The number of carbonyl (C=O) groups excluding carboxylic acids is 2.